The fourth-order valence-electron chi connectivity index (χ4n) is 5.34. The summed E-state index contributed by atoms with van der Waals surface area (Å²) >= 11 is 0. The molecule has 1 saturated carbocycles. The Balaban J connectivity index is 1.42. The second kappa shape index (κ2) is 10.1. The second-order valence-corrected chi connectivity index (χ2v) is 9.69. The van der Waals surface area contributed by atoms with Crippen molar-refractivity contribution in [2.45, 2.75) is 53.0 Å². The Kier molecular flexibility index (Phi) is 7.18. The summed E-state index contributed by atoms with van der Waals surface area (Å²) in [5.41, 5.74) is 6.19. The van der Waals surface area contributed by atoms with E-state index in [2.05, 4.69) is 21.7 Å². The van der Waals surface area contributed by atoms with Crippen molar-refractivity contribution in [1.29, 1.82) is 0 Å². The number of allylic oxidation sites excluding steroid dienone is 1. The quantitative estimate of drug-likeness (QED) is 0.603. The number of aryl methyl sites for hydroxylation is 2. The number of benzene rings is 2. The van der Waals surface area contributed by atoms with Gasteiger partial charge in [0.1, 0.15) is 5.82 Å². The molecule has 0 spiro atoms. The van der Waals surface area contributed by atoms with E-state index in [4.69, 9.17) is 0 Å². The van der Waals surface area contributed by atoms with Gasteiger partial charge in [0, 0.05) is 49.7 Å². The van der Waals surface area contributed by atoms with E-state index in [-0.39, 0.29) is 11.7 Å². The van der Waals surface area contributed by atoms with Gasteiger partial charge < -0.3 is 10.2 Å². The molecule has 0 bridgehead atoms. The number of anilines is 1. The zero-order valence-electron chi connectivity index (χ0n) is 20.2. The highest BCUT2D eigenvalue weighted by atomic mass is 19.1. The summed E-state index contributed by atoms with van der Waals surface area (Å²) in [7, 11) is 0. The lowest BCUT2D eigenvalue weighted by molar-refractivity contribution is 0.102. The third kappa shape index (κ3) is 5.30. The van der Waals surface area contributed by atoms with E-state index in [9.17, 15) is 9.18 Å². The number of piperazine rings is 1. The van der Waals surface area contributed by atoms with Crippen LogP contribution in [0.25, 0.3) is 0 Å². The Morgan fingerprint density at radius 3 is 2.33 bits per heavy atom. The fourth-order valence-corrected chi connectivity index (χ4v) is 5.34. The topological polar surface area (TPSA) is 35.6 Å². The molecule has 1 aliphatic carbocycles. The minimum atomic E-state index is -0.319. The molecule has 2 fully saturated rings. The lowest BCUT2D eigenvalue weighted by Crippen LogP contribution is -2.46. The maximum atomic E-state index is 14.5. The van der Waals surface area contributed by atoms with E-state index in [1.807, 2.05) is 39.0 Å². The first-order valence-electron chi connectivity index (χ1n) is 12.2. The van der Waals surface area contributed by atoms with E-state index in [1.165, 1.54) is 37.4 Å². The number of hydrogen-bond donors (Lipinski definition) is 1. The minimum Gasteiger partial charge on any atom is -0.372 e. The van der Waals surface area contributed by atoms with E-state index in [0.717, 1.165) is 48.4 Å². The third-order valence-corrected chi connectivity index (χ3v) is 7.44. The van der Waals surface area contributed by atoms with Gasteiger partial charge in [0.15, 0.2) is 0 Å². The van der Waals surface area contributed by atoms with Crippen molar-refractivity contribution in [3.63, 3.8) is 0 Å². The summed E-state index contributed by atoms with van der Waals surface area (Å²) in [6, 6.07) is 8.82. The number of nitrogens with one attached hydrogen (secondary N) is 1. The van der Waals surface area contributed by atoms with Gasteiger partial charge in [-0.3, -0.25) is 9.69 Å². The van der Waals surface area contributed by atoms with Crippen LogP contribution < -0.4 is 5.32 Å². The summed E-state index contributed by atoms with van der Waals surface area (Å²) in [5.74, 6) is 0.148. The van der Waals surface area contributed by atoms with Gasteiger partial charge in [0.2, 0.25) is 0 Å². The normalized spacial score (nSPS) is 17.4. The second-order valence-electron chi connectivity index (χ2n) is 9.69. The van der Waals surface area contributed by atoms with Gasteiger partial charge in [-0.05, 0) is 73.9 Å². The third-order valence-electron chi connectivity index (χ3n) is 7.44. The number of nitrogens with zero attached hydrogens (tertiary/aromatic N) is 2. The summed E-state index contributed by atoms with van der Waals surface area (Å²) in [5, 5.41) is 2.96. The van der Waals surface area contributed by atoms with E-state index < -0.39 is 0 Å². The molecule has 5 heteroatoms. The Morgan fingerprint density at radius 2 is 1.70 bits per heavy atom. The Morgan fingerprint density at radius 1 is 1.06 bits per heavy atom. The van der Waals surface area contributed by atoms with Gasteiger partial charge in [0.05, 0.1) is 0 Å². The molecule has 1 saturated heterocycles. The van der Waals surface area contributed by atoms with Crippen LogP contribution in [-0.4, -0.2) is 41.9 Å². The maximum Gasteiger partial charge on any atom is 0.256 e. The van der Waals surface area contributed by atoms with Crippen LogP contribution in [0.5, 0.6) is 0 Å². The Labute approximate surface area is 197 Å². The maximum absolute atomic E-state index is 14.5. The number of rotatable bonds is 6. The predicted molar refractivity (Wildman–Crippen MR) is 133 cm³/mol. The first-order chi connectivity index (χ1) is 15.8. The predicted octanol–water partition coefficient (Wildman–Crippen LogP) is 5.82. The summed E-state index contributed by atoms with van der Waals surface area (Å²) < 4.78 is 14.5. The van der Waals surface area contributed by atoms with Crippen molar-refractivity contribution in [2.75, 3.05) is 31.5 Å². The SMILES string of the molecule is C=C(C1CCCC1)N1CCN(Cc2cc(F)cc(NC(=O)c3c(C)cccc3C)c2C)CC1. The molecule has 2 aromatic carbocycles. The van der Waals surface area contributed by atoms with Crippen LogP contribution in [0.1, 0.15) is 58.3 Å². The molecule has 2 aliphatic rings. The van der Waals surface area contributed by atoms with E-state index >= 15 is 0 Å². The highest BCUT2D eigenvalue weighted by Crippen LogP contribution is 2.32. The zero-order valence-corrected chi connectivity index (χ0v) is 20.2. The van der Waals surface area contributed by atoms with Crippen LogP contribution in [0.3, 0.4) is 0 Å². The van der Waals surface area contributed by atoms with Crippen LogP contribution in [0.15, 0.2) is 42.6 Å². The van der Waals surface area contributed by atoms with Crippen LogP contribution >= 0.6 is 0 Å². The Bertz CT molecular complexity index is 1010. The lowest BCUT2D eigenvalue weighted by atomic mass is 10.0. The van der Waals surface area contributed by atoms with Gasteiger partial charge in [-0.1, -0.05) is 37.6 Å². The molecule has 2 aromatic rings. The molecule has 0 atom stereocenters. The molecule has 4 nitrogen and oxygen atoms in total. The number of halogens is 1. The van der Waals surface area contributed by atoms with Crippen LogP contribution in [0.2, 0.25) is 0 Å². The van der Waals surface area contributed by atoms with Gasteiger partial charge in [0.25, 0.3) is 5.91 Å². The number of hydrogen-bond acceptors (Lipinski definition) is 3. The van der Waals surface area contributed by atoms with Crippen LogP contribution in [0.4, 0.5) is 10.1 Å². The molecule has 176 valence electrons. The summed E-state index contributed by atoms with van der Waals surface area (Å²) in [6.07, 6.45) is 5.20. The molecule has 0 aromatic heterocycles. The van der Waals surface area contributed by atoms with Gasteiger partial charge in [-0.25, -0.2) is 4.39 Å². The van der Waals surface area contributed by atoms with Crippen LogP contribution in [-0.2, 0) is 6.54 Å². The number of amides is 1. The molecule has 1 amide bonds. The van der Waals surface area contributed by atoms with E-state index in [0.29, 0.717) is 23.7 Å². The molecule has 33 heavy (non-hydrogen) atoms. The molecule has 1 heterocycles. The van der Waals surface area contributed by atoms with Crippen molar-refractivity contribution in [1.82, 2.24) is 9.80 Å². The molecule has 0 radical (unpaired) electrons. The first-order valence-corrected chi connectivity index (χ1v) is 12.2. The highest BCUT2D eigenvalue weighted by molar-refractivity contribution is 6.06. The summed E-state index contributed by atoms with van der Waals surface area (Å²) in [4.78, 5) is 17.8. The number of carbonyl (C=O) groups is 1. The van der Waals surface area contributed by atoms with Gasteiger partial charge in [-0.15, -0.1) is 0 Å². The monoisotopic (exact) mass is 449 g/mol. The number of carbonyl (C=O) groups excluding carboxylic acids is 1. The lowest BCUT2D eigenvalue weighted by Gasteiger charge is -2.39. The minimum absolute atomic E-state index is 0.190. The molecule has 4 rings (SSSR count). The van der Waals surface area contributed by atoms with Crippen molar-refractivity contribution in [2.24, 2.45) is 5.92 Å². The first kappa shape index (κ1) is 23.5. The van der Waals surface area contributed by atoms with Crippen LogP contribution in [0, 0.1) is 32.5 Å². The smallest absolute Gasteiger partial charge is 0.256 e. The van der Waals surface area contributed by atoms with Crippen molar-refractivity contribution >= 4 is 11.6 Å². The molecule has 1 aliphatic heterocycles. The van der Waals surface area contributed by atoms with Gasteiger partial charge in [-0.2, -0.15) is 0 Å². The zero-order chi connectivity index (χ0) is 23.5. The molecular formula is C28H36FN3O. The average Bonchev–Trinajstić information content (AvgIpc) is 3.32. The highest BCUT2D eigenvalue weighted by Gasteiger charge is 2.25. The van der Waals surface area contributed by atoms with Crippen molar-refractivity contribution in [3.8, 4) is 0 Å². The standard InChI is InChI=1S/C28H36FN3O/c1-19-8-7-9-20(2)27(19)28(33)30-26-17-25(29)16-24(21(26)3)18-31-12-14-32(15-13-31)22(4)23-10-5-6-11-23/h7-9,16-17,23H,4-6,10-15,18H2,1-3H3,(H,30,33). The van der Waals surface area contributed by atoms with E-state index in [1.54, 1.807) is 6.07 Å². The average molecular weight is 450 g/mol. The molecular weight excluding hydrogens is 413 g/mol. The molecule has 0 unspecified atom stereocenters. The largest absolute Gasteiger partial charge is 0.372 e. The van der Waals surface area contributed by atoms with Crippen molar-refractivity contribution < 1.29 is 9.18 Å². The summed E-state index contributed by atoms with van der Waals surface area (Å²) in [6.45, 7) is 14.7. The molecule has 1 N–H and O–H groups in total. The van der Waals surface area contributed by atoms with Crippen molar-refractivity contribution in [3.05, 3.63) is 76.2 Å². The fraction of sp³-hybridized carbons (Fsp3) is 0.464. The van der Waals surface area contributed by atoms with Gasteiger partial charge >= 0.3 is 0 Å². The Hall–Kier alpha value is -2.66.